The van der Waals surface area contributed by atoms with Crippen LogP contribution in [0.2, 0.25) is 0 Å². The number of hydrogen-bond donors (Lipinski definition) is 1. The van der Waals surface area contributed by atoms with Gasteiger partial charge in [-0.15, -0.1) is 0 Å². The molecule has 0 saturated heterocycles. The number of hydrogen-bond acceptors (Lipinski definition) is 1. The maximum atomic E-state index is 3.75. The monoisotopic (exact) mass is 273 g/mol. The second-order valence-electron chi connectivity index (χ2n) is 6.30. The molecule has 0 aliphatic heterocycles. The van der Waals surface area contributed by atoms with Crippen LogP contribution in [0.25, 0.3) is 0 Å². The van der Waals surface area contributed by atoms with Crippen molar-refractivity contribution in [2.75, 3.05) is 6.54 Å². The minimum absolute atomic E-state index is 0.532. The summed E-state index contributed by atoms with van der Waals surface area (Å²) in [6.07, 6.45) is 11.0. The van der Waals surface area contributed by atoms with Crippen molar-refractivity contribution in [1.29, 1.82) is 0 Å². The zero-order valence-corrected chi connectivity index (χ0v) is 13.3. The van der Waals surface area contributed by atoms with Crippen LogP contribution in [0.15, 0.2) is 24.3 Å². The van der Waals surface area contributed by atoms with E-state index in [1.807, 2.05) is 0 Å². The first-order valence-corrected chi connectivity index (χ1v) is 8.65. The number of rotatable bonds is 8. The van der Waals surface area contributed by atoms with Crippen molar-refractivity contribution in [1.82, 2.24) is 5.32 Å². The molecule has 1 fully saturated rings. The van der Waals surface area contributed by atoms with Crippen molar-refractivity contribution >= 4 is 0 Å². The molecule has 1 aliphatic rings. The van der Waals surface area contributed by atoms with Crippen molar-refractivity contribution in [3.8, 4) is 0 Å². The van der Waals surface area contributed by atoms with E-state index in [2.05, 4.69) is 43.4 Å². The van der Waals surface area contributed by atoms with Crippen molar-refractivity contribution in [2.24, 2.45) is 5.92 Å². The van der Waals surface area contributed by atoms with Crippen LogP contribution in [-0.4, -0.2) is 6.54 Å². The molecule has 0 radical (unpaired) electrons. The molecular weight excluding hydrogens is 242 g/mol. The zero-order chi connectivity index (χ0) is 14.2. The summed E-state index contributed by atoms with van der Waals surface area (Å²) < 4.78 is 0. The summed E-state index contributed by atoms with van der Waals surface area (Å²) in [4.78, 5) is 0. The Labute approximate surface area is 125 Å². The minimum atomic E-state index is 0.532. The fourth-order valence-electron chi connectivity index (χ4n) is 3.45. The molecule has 1 aliphatic carbocycles. The first-order chi connectivity index (χ1) is 9.83. The van der Waals surface area contributed by atoms with Gasteiger partial charge in [-0.25, -0.2) is 0 Å². The lowest BCUT2D eigenvalue weighted by Crippen LogP contribution is -2.22. The van der Waals surface area contributed by atoms with Crippen LogP contribution < -0.4 is 5.32 Å². The number of aryl methyl sites for hydroxylation is 1. The minimum Gasteiger partial charge on any atom is -0.310 e. The van der Waals surface area contributed by atoms with Gasteiger partial charge < -0.3 is 5.32 Å². The van der Waals surface area contributed by atoms with Crippen LogP contribution >= 0.6 is 0 Å². The Kier molecular flexibility index (Phi) is 6.59. The first-order valence-electron chi connectivity index (χ1n) is 8.65. The molecule has 1 unspecified atom stereocenters. The van der Waals surface area contributed by atoms with Crippen molar-refractivity contribution < 1.29 is 0 Å². The van der Waals surface area contributed by atoms with Gasteiger partial charge in [0.1, 0.15) is 0 Å². The lowest BCUT2D eigenvalue weighted by molar-refractivity contribution is 0.444. The molecular formula is C19H31N. The van der Waals surface area contributed by atoms with Crippen molar-refractivity contribution in [3.63, 3.8) is 0 Å². The standard InChI is InChI=1S/C19H31N/c1-3-16-11-13-18(14-12-16)19(4-2)20-15-7-10-17-8-5-6-9-17/h11-14,17,19-20H,3-10,15H2,1-2H3. The maximum Gasteiger partial charge on any atom is 0.0317 e. The van der Waals surface area contributed by atoms with Gasteiger partial charge in [0.2, 0.25) is 0 Å². The molecule has 0 amide bonds. The summed E-state index contributed by atoms with van der Waals surface area (Å²) in [5.74, 6) is 1.03. The highest BCUT2D eigenvalue weighted by Crippen LogP contribution is 2.28. The van der Waals surface area contributed by atoms with Gasteiger partial charge in [-0.3, -0.25) is 0 Å². The Morgan fingerprint density at radius 3 is 2.40 bits per heavy atom. The number of nitrogens with one attached hydrogen (secondary N) is 1. The molecule has 0 heterocycles. The Balaban J connectivity index is 1.73. The Morgan fingerprint density at radius 2 is 1.80 bits per heavy atom. The molecule has 1 aromatic rings. The summed E-state index contributed by atoms with van der Waals surface area (Å²) in [7, 11) is 0. The van der Waals surface area contributed by atoms with Gasteiger partial charge >= 0.3 is 0 Å². The molecule has 1 saturated carbocycles. The predicted octanol–water partition coefficient (Wildman–Crippen LogP) is 5.26. The van der Waals surface area contributed by atoms with Crippen molar-refractivity contribution in [2.45, 2.75) is 71.3 Å². The first kappa shape index (κ1) is 15.6. The highest BCUT2D eigenvalue weighted by molar-refractivity contribution is 5.24. The Morgan fingerprint density at radius 1 is 1.10 bits per heavy atom. The zero-order valence-electron chi connectivity index (χ0n) is 13.3. The largest absolute Gasteiger partial charge is 0.310 e. The third kappa shape index (κ3) is 4.63. The molecule has 1 heteroatoms. The summed E-state index contributed by atoms with van der Waals surface area (Å²) in [6, 6.07) is 9.69. The SMILES string of the molecule is CCc1ccc(C(CC)NCCCC2CCCC2)cc1. The van der Waals surface area contributed by atoms with Gasteiger partial charge in [0.25, 0.3) is 0 Å². The summed E-state index contributed by atoms with van der Waals surface area (Å²) in [5, 5.41) is 3.75. The second-order valence-corrected chi connectivity index (χ2v) is 6.30. The van der Waals surface area contributed by atoms with E-state index in [-0.39, 0.29) is 0 Å². The normalized spacial score (nSPS) is 17.5. The van der Waals surface area contributed by atoms with Crippen LogP contribution in [0.4, 0.5) is 0 Å². The molecule has 0 spiro atoms. The number of benzene rings is 1. The fraction of sp³-hybridized carbons (Fsp3) is 0.684. The van der Waals surface area contributed by atoms with E-state index >= 15 is 0 Å². The van der Waals surface area contributed by atoms with E-state index in [0.717, 1.165) is 12.3 Å². The van der Waals surface area contributed by atoms with Crippen LogP contribution in [0.5, 0.6) is 0 Å². The van der Waals surface area contributed by atoms with Gasteiger partial charge in [-0.1, -0.05) is 63.8 Å². The molecule has 2 rings (SSSR count). The smallest absolute Gasteiger partial charge is 0.0317 e. The third-order valence-electron chi connectivity index (χ3n) is 4.85. The Hall–Kier alpha value is -0.820. The highest BCUT2D eigenvalue weighted by Gasteiger charge is 2.14. The lowest BCUT2D eigenvalue weighted by atomic mass is 10.00. The quantitative estimate of drug-likeness (QED) is 0.637. The van der Waals surface area contributed by atoms with Crippen molar-refractivity contribution in [3.05, 3.63) is 35.4 Å². The van der Waals surface area contributed by atoms with Gasteiger partial charge in [-0.2, -0.15) is 0 Å². The molecule has 1 aromatic carbocycles. The van der Waals surface area contributed by atoms with Gasteiger partial charge in [0, 0.05) is 6.04 Å². The molecule has 1 N–H and O–H groups in total. The summed E-state index contributed by atoms with van der Waals surface area (Å²) in [5.41, 5.74) is 2.88. The summed E-state index contributed by atoms with van der Waals surface area (Å²) >= 11 is 0. The molecule has 1 nitrogen and oxygen atoms in total. The topological polar surface area (TPSA) is 12.0 Å². The van der Waals surface area contributed by atoms with Crippen LogP contribution in [0.3, 0.4) is 0 Å². The van der Waals surface area contributed by atoms with E-state index in [4.69, 9.17) is 0 Å². The molecule has 0 bridgehead atoms. The van der Waals surface area contributed by atoms with E-state index in [0.29, 0.717) is 6.04 Å². The maximum absolute atomic E-state index is 3.75. The van der Waals surface area contributed by atoms with E-state index in [1.54, 1.807) is 0 Å². The Bertz CT molecular complexity index is 362. The third-order valence-corrected chi connectivity index (χ3v) is 4.85. The molecule has 112 valence electrons. The van der Waals surface area contributed by atoms with Gasteiger partial charge in [-0.05, 0) is 49.3 Å². The second kappa shape index (κ2) is 8.46. The predicted molar refractivity (Wildman–Crippen MR) is 88.0 cm³/mol. The van der Waals surface area contributed by atoms with Gasteiger partial charge in [0.05, 0.1) is 0 Å². The lowest BCUT2D eigenvalue weighted by Gasteiger charge is -2.18. The van der Waals surface area contributed by atoms with Gasteiger partial charge in [0.15, 0.2) is 0 Å². The van der Waals surface area contributed by atoms with Crippen LogP contribution in [-0.2, 0) is 6.42 Å². The highest BCUT2D eigenvalue weighted by atomic mass is 14.9. The average molecular weight is 273 g/mol. The molecule has 20 heavy (non-hydrogen) atoms. The fourth-order valence-corrected chi connectivity index (χ4v) is 3.45. The molecule has 0 aromatic heterocycles. The van der Waals surface area contributed by atoms with Crippen LogP contribution in [0, 0.1) is 5.92 Å². The van der Waals surface area contributed by atoms with E-state index < -0.39 is 0 Å². The van der Waals surface area contributed by atoms with E-state index in [1.165, 1.54) is 62.6 Å². The average Bonchev–Trinajstić information content (AvgIpc) is 3.01. The van der Waals surface area contributed by atoms with E-state index in [9.17, 15) is 0 Å². The summed E-state index contributed by atoms with van der Waals surface area (Å²) in [6.45, 7) is 5.67. The van der Waals surface area contributed by atoms with Crippen LogP contribution in [0.1, 0.15) is 76.0 Å². The molecule has 1 atom stereocenters.